The largest absolute Gasteiger partial charge is 0.464 e. The van der Waals surface area contributed by atoms with Crippen LogP contribution >= 0.6 is 0 Å². The number of hydrogen-bond donors (Lipinski definition) is 0. The molecule has 0 N–H and O–H groups in total. The Labute approximate surface area is 81.3 Å². The van der Waals surface area contributed by atoms with Gasteiger partial charge >= 0.3 is 0 Å². The maximum Gasteiger partial charge on any atom is 0.293 e. The van der Waals surface area contributed by atoms with E-state index in [2.05, 4.69) is 0 Å². The first-order chi connectivity index (χ1) is 6.83. The maximum absolute atomic E-state index is 10.2. The molecular formula is C11H10O3. The summed E-state index contributed by atoms with van der Waals surface area (Å²) in [6.45, 7) is 2.21. The van der Waals surface area contributed by atoms with Gasteiger partial charge in [0, 0.05) is 10.8 Å². The highest BCUT2D eigenvalue weighted by atomic mass is 16.5. The molecule has 14 heavy (non-hydrogen) atoms. The Bertz CT molecular complexity index is 444. The number of benzene rings is 1. The molecule has 0 saturated heterocycles. The first-order valence-electron chi connectivity index (χ1n) is 4.38. The molecule has 0 aliphatic heterocycles. The lowest BCUT2D eigenvalue weighted by Crippen LogP contribution is -1.96. The topological polar surface area (TPSA) is 39.4 Å². The summed E-state index contributed by atoms with van der Waals surface area (Å²) in [6, 6.07) is 7.76. The van der Waals surface area contributed by atoms with Gasteiger partial charge in [0.2, 0.25) is 0 Å². The monoisotopic (exact) mass is 190 g/mol. The third-order valence-electron chi connectivity index (χ3n) is 2.17. The molecule has 1 aromatic heterocycles. The van der Waals surface area contributed by atoms with E-state index in [0.717, 1.165) is 10.8 Å². The van der Waals surface area contributed by atoms with Crippen molar-refractivity contribution in [2.75, 3.05) is 0 Å². The fourth-order valence-electron chi connectivity index (χ4n) is 1.47. The normalized spacial score (nSPS) is 12.6. The van der Waals surface area contributed by atoms with E-state index >= 15 is 0 Å². The fourth-order valence-corrected chi connectivity index (χ4v) is 1.47. The molecular weight excluding hydrogens is 180 g/mol. The molecule has 2 aromatic rings. The molecule has 1 heterocycles. The van der Waals surface area contributed by atoms with Crippen LogP contribution in [0.2, 0.25) is 0 Å². The Hall–Kier alpha value is -1.77. The minimum atomic E-state index is -0.340. The average Bonchev–Trinajstić information content (AvgIpc) is 2.61. The summed E-state index contributed by atoms with van der Waals surface area (Å²) in [5, 5.41) is 2.01. The molecule has 0 bridgehead atoms. The van der Waals surface area contributed by atoms with Gasteiger partial charge in [0.15, 0.2) is 11.9 Å². The number of ether oxygens (including phenoxy) is 1. The highest BCUT2D eigenvalue weighted by Crippen LogP contribution is 2.27. The minimum Gasteiger partial charge on any atom is -0.464 e. The van der Waals surface area contributed by atoms with Crippen molar-refractivity contribution in [2.45, 2.75) is 13.0 Å². The number of hydrogen-bond acceptors (Lipinski definition) is 3. The predicted octanol–water partition coefficient (Wildman–Crippen LogP) is 2.67. The zero-order valence-electron chi connectivity index (χ0n) is 7.77. The standard InChI is InChI=1S/C11H10O3/c1-8(14-7-12)11-10-5-3-2-4-9(10)6-13-11/h2-8H,1H3. The summed E-state index contributed by atoms with van der Waals surface area (Å²) in [6.07, 6.45) is 1.32. The second-order valence-corrected chi connectivity index (χ2v) is 3.06. The van der Waals surface area contributed by atoms with Crippen LogP contribution in [0.25, 0.3) is 10.8 Å². The van der Waals surface area contributed by atoms with Crippen LogP contribution in [0, 0.1) is 0 Å². The van der Waals surface area contributed by atoms with Crippen LogP contribution in [-0.2, 0) is 9.53 Å². The fraction of sp³-hybridized carbons (Fsp3) is 0.182. The molecule has 0 saturated carbocycles. The van der Waals surface area contributed by atoms with Crippen molar-refractivity contribution in [1.29, 1.82) is 0 Å². The number of fused-ring (bicyclic) bond motifs is 1. The van der Waals surface area contributed by atoms with Gasteiger partial charge < -0.3 is 9.15 Å². The molecule has 1 aromatic carbocycles. The zero-order chi connectivity index (χ0) is 9.97. The zero-order valence-corrected chi connectivity index (χ0v) is 7.77. The Morgan fingerprint density at radius 2 is 2.21 bits per heavy atom. The third-order valence-corrected chi connectivity index (χ3v) is 2.17. The maximum atomic E-state index is 10.2. The Kier molecular flexibility index (Phi) is 2.23. The molecule has 0 aliphatic carbocycles. The Morgan fingerprint density at radius 1 is 1.43 bits per heavy atom. The Balaban J connectivity index is 2.47. The average molecular weight is 190 g/mol. The van der Waals surface area contributed by atoms with E-state index in [0.29, 0.717) is 12.2 Å². The highest BCUT2D eigenvalue weighted by Gasteiger charge is 2.13. The van der Waals surface area contributed by atoms with Gasteiger partial charge in [-0.3, -0.25) is 4.79 Å². The van der Waals surface area contributed by atoms with Crippen LogP contribution in [0.5, 0.6) is 0 Å². The van der Waals surface area contributed by atoms with Crippen LogP contribution in [0.3, 0.4) is 0 Å². The minimum absolute atomic E-state index is 0.340. The van der Waals surface area contributed by atoms with E-state index in [1.54, 1.807) is 13.2 Å². The molecule has 0 radical (unpaired) electrons. The first kappa shape index (κ1) is 8.81. The second kappa shape index (κ2) is 3.54. The van der Waals surface area contributed by atoms with E-state index < -0.39 is 0 Å². The molecule has 1 unspecified atom stereocenters. The quantitative estimate of drug-likeness (QED) is 0.698. The van der Waals surface area contributed by atoms with Gasteiger partial charge in [-0.1, -0.05) is 24.3 Å². The van der Waals surface area contributed by atoms with Crippen LogP contribution in [0.4, 0.5) is 0 Å². The van der Waals surface area contributed by atoms with Crippen molar-refractivity contribution in [3.63, 3.8) is 0 Å². The molecule has 0 aliphatic rings. The smallest absolute Gasteiger partial charge is 0.293 e. The summed E-state index contributed by atoms with van der Waals surface area (Å²) in [4.78, 5) is 10.2. The summed E-state index contributed by atoms with van der Waals surface area (Å²) >= 11 is 0. The number of rotatable bonds is 3. The second-order valence-electron chi connectivity index (χ2n) is 3.06. The van der Waals surface area contributed by atoms with Gasteiger partial charge in [0.1, 0.15) is 0 Å². The van der Waals surface area contributed by atoms with E-state index in [9.17, 15) is 4.79 Å². The van der Waals surface area contributed by atoms with E-state index in [4.69, 9.17) is 9.15 Å². The predicted molar refractivity (Wildman–Crippen MR) is 51.8 cm³/mol. The molecule has 0 spiro atoms. The van der Waals surface area contributed by atoms with E-state index in [1.807, 2.05) is 24.3 Å². The van der Waals surface area contributed by atoms with Gasteiger partial charge in [-0.15, -0.1) is 0 Å². The molecule has 0 fully saturated rings. The Morgan fingerprint density at radius 3 is 3.00 bits per heavy atom. The van der Waals surface area contributed by atoms with Crippen LogP contribution in [-0.4, -0.2) is 6.47 Å². The van der Waals surface area contributed by atoms with Gasteiger partial charge in [-0.05, 0) is 6.92 Å². The molecule has 3 heteroatoms. The van der Waals surface area contributed by atoms with Crippen molar-refractivity contribution in [1.82, 2.24) is 0 Å². The van der Waals surface area contributed by atoms with Gasteiger partial charge in [-0.25, -0.2) is 0 Å². The summed E-state index contributed by atoms with van der Waals surface area (Å²) in [7, 11) is 0. The summed E-state index contributed by atoms with van der Waals surface area (Å²) in [5.74, 6) is 0.688. The van der Waals surface area contributed by atoms with Crippen molar-refractivity contribution >= 4 is 17.2 Å². The lowest BCUT2D eigenvalue weighted by Gasteiger charge is -2.05. The lowest BCUT2D eigenvalue weighted by atomic mass is 10.1. The first-order valence-corrected chi connectivity index (χ1v) is 4.38. The van der Waals surface area contributed by atoms with E-state index in [-0.39, 0.29) is 6.10 Å². The van der Waals surface area contributed by atoms with Gasteiger partial charge in [0.05, 0.1) is 6.26 Å². The van der Waals surface area contributed by atoms with E-state index in [1.165, 1.54) is 0 Å². The molecule has 72 valence electrons. The van der Waals surface area contributed by atoms with Crippen LogP contribution in [0.1, 0.15) is 18.8 Å². The molecule has 1 atom stereocenters. The van der Waals surface area contributed by atoms with Crippen molar-refractivity contribution in [3.8, 4) is 0 Å². The SMILES string of the molecule is CC(OC=O)c1occ2ccccc12. The van der Waals surface area contributed by atoms with Gasteiger partial charge in [0.25, 0.3) is 6.47 Å². The van der Waals surface area contributed by atoms with Crippen LogP contribution in [0.15, 0.2) is 34.9 Å². The highest BCUT2D eigenvalue weighted by molar-refractivity contribution is 5.84. The van der Waals surface area contributed by atoms with Gasteiger partial charge in [-0.2, -0.15) is 0 Å². The molecule has 3 nitrogen and oxygen atoms in total. The summed E-state index contributed by atoms with van der Waals surface area (Å²) in [5.41, 5.74) is 0. The number of carbonyl (C=O) groups is 1. The van der Waals surface area contributed by atoms with Crippen molar-refractivity contribution in [2.24, 2.45) is 0 Å². The third kappa shape index (κ3) is 1.37. The van der Waals surface area contributed by atoms with Crippen molar-refractivity contribution in [3.05, 3.63) is 36.3 Å². The van der Waals surface area contributed by atoms with Crippen molar-refractivity contribution < 1.29 is 13.9 Å². The molecule has 0 amide bonds. The number of carbonyl (C=O) groups excluding carboxylic acids is 1. The summed E-state index contributed by atoms with van der Waals surface area (Å²) < 4.78 is 10.2. The molecule has 2 rings (SSSR count). The van der Waals surface area contributed by atoms with Crippen LogP contribution < -0.4 is 0 Å². The number of furan rings is 1. The lowest BCUT2D eigenvalue weighted by molar-refractivity contribution is -0.133.